The van der Waals surface area contributed by atoms with Gasteiger partial charge in [0.1, 0.15) is 0 Å². The second-order valence-electron chi connectivity index (χ2n) is 21.8. The SMILES string of the molecule is NCCCCCCCC(=O)NCCCOCCCOCCOCCOCCOCCOCCOCCCOCCOCCOCCOCCOCCOCCOCCOCCOCCOCCOCCOCCOCCOCCCNC(=O)c1ccc(N=Nc2ccc(C(N)=O)cc2)cc1. The van der Waals surface area contributed by atoms with Crippen LogP contribution >= 0.6 is 0 Å². The Bertz CT molecular complexity index is 2100. The van der Waals surface area contributed by atoms with Crippen molar-refractivity contribution in [3.05, 3.63) is 59.7 Å². The summed E-state index contributed by atoms with van der Waals surface area (Å²) in [5.41, 5.74) is 12.8. The molecule has 2 rings (SSSR count). The van der Waals surface area contributed by atoms with Gasteiger partial charge in [-0.1, -0.05) is 19.3 Å². The second kappa shape index (κ2) is 75.7. The molecule has 0 bridgehead atoms. The van der Waals surface area contributed by atoms with Crippen molar-refractivity contribution in [3.63, 3.8) is 0 Å². The highest BCUT2D eigenvalue weighted by molar-refractivity contribution is 5.94. The fraction of sp³-hybridized carbons (Fsp3) is 0.786. The molecule has 0 saturated heterocycles. The molecule has 30 nitrogen and oxygen atoms in total. The van der Waals surface area contributed by atoms with Gasteiger partial charge in [-0.2, -0.15) is 10.2 Å². The zero-order valence-electron chi connectivity index (χ0n) is 59.9. The molecule has 578 valence electrons. The molecule has 0 fully saturated rings. The van der Waals surface area contributed by atoms with Gasteiger partial charge in [0.25, 0.3) is 5.91 Å². The fourth-order valence-electron chi connectivity index (χ4n) is 8.21. The topological polar surface area (TPSA) is 346 Å². The Kier molecular flexibility index (Phi) is 69.4. The molecule has 0 aliphatic rings. The molecule has 30 heteroatoms. The Balaban J connectivity index is 1.12. The minimum absolute atomic E-state index is 0.122. The highest BCUT2D eigenvalue weighted by Gasteiger charge is 2.07. The number of carbonyl (C=O) groups is 3. The van der Waals surface area contributed by atoms with E-state index >= 15 is 0 Å². The maximum atomic E-state index is 12.5. The van der Waals surface area contributed by atoms with Crippen molar-refractivity contribution in [3.8, 4) is 0 Å². The molecule has 0 heterocycles. The highest BCUT2D eigenvalue weighted by Crippen LogP contribution is 2.19. The van der Waals surface area contributed by atoms with Gasteiger partial charge in [0.15, 0.2) is 0 Å². The van der Waals surface area contributed by atoms with Crippen LogP contribution in [0, 0.1) is 0 Å². The van der Waals surface area contributed by atoms with E-state index in [-0.39, 0.29) is 11.8 Å². The number of primary amides is 1. The van der Waals surface area contributed by atoms with Crippen molar-refractivity contribution >= 4 is 29.1 Å². The molecule has 0 aliphatic carbocycles. The van der Waals surface area contributed by atoms with Crippen molar-refractivity contribution in [2.24, 2.45) is 21.7 Å². The summed E-state index contributed by atoms with van der Waals surface area (Å²) in [6.07, 6.45) is 9.06. The van der Waals surface area contributed by atoms with Gasteiger partial charge < -0.3 is 122 Å². The normalized spacial score (nSPS) is 11.6. The first-order valence-electron chi connectivity index (χ1n) is 35.8. The lowest BCUT2D eigenvalue weighted by Gasteiger charge is -2.09. The number of carbonyl (C=O) groups excluding carboxylic acids is 3. The Morgan fingerprint density at radius 3 is 0.750 bits per heavy atom. The molecule has 3 amide bonds. The van der Waals surface area contributed by atoms with Crippen LogP contribution in [0.3, 0.4) is 0 Å². The van der Waals surface area contributed by atoms with Crippen LogP contribution in [0.25, 0.3) is 0 Å². The van der Waals surface area contributed by atoms with Gasteiger partial charge >= 0.3 is 0 Å². The molecule has 0 unspecified atom stereocenters. The summed E-state index contributed by atoms with van der Waals surface area (Å²) in [5.74, 6) is -0.571. The highest BCUT2D eigenvalue weighted by atomic mass is 16.6. The summed E-state index contributed by atoms with van der Waals surface area (Å²) in [5, 5.41) is 14.1. The summed E-state index contributed by atoms with van der Waals surface area (Å²) in [4.78, 5) is 35.5. The van der Waals surface area contributed by atoms with Gasteiger partial charge in [0.2, 0.25) is 11.8 Å². The lowest BCUT2D eigenvalue weighted by Crippen LogP contribution is -2.25. The Labute approximate surface area is 594 Å². The third kappa shape index (κ3) is 65.6. The van der Waals surface area contributed by atoms with E-state index in [0.29, 0.717) is 326 Å². The van der Waals surface area contributed by atoms with E-state index in [2.05, 4.69) is 20.9 Å². The van der Waals surface area contributed by atoms with Gasteiger partial charge in [-0.25, -0.2) is 0 Å². The molecule has 6 N–H and O–H groups in total. The van der Waals surface area contributed by atoms with Crippen molar-refractivity contribution in [1.82, 2.24) is 10.6 Å². The number of nitrogens with one attached hydrogen (secondary N) is 2. The van der Waals surface area contributed by atoms with Crippen molar-refractivity contribution < 1.29 is 114 Å². The molecule has 0 atom stereocenters. The van der Waals surface area contributed by atoms with Crippen LogP contribution in [0.4, 0.5) is 11.4 Å². The van der Waals surface area contributed by atoms with Crippen LogP contribution in [0.5, 0.6) is 0 Å². The van der Waals surface area contributed by atoms with Crippen LogP contribution in [0.2, 0.25) is 0 Å². The number of nitrogens with zero attached hydrogens (tertiary/aromatic N) is 2. The van der Waals surface area contributed by atoms with Crippen LogP contribution in [0.1, 0.15) is 84.9 Å². The average molecular weight is 1430 g/mol. The van der Waals surface area contributed by atoms with Gasteiger partial charge in [0, 0.05) is 70.3 Å². The van der Waals surface area contributed by atoms with Crippen LogP contribution < -0.4 is 22.1 Å². The number of hydrogen-bond acceptors (Lipinski definition) is 27. The van der Waals surface area contributed by atoms with Crippen molar-refractivity contribution in [1.29, 1.82) is 0 Å². The number of nitrogens with two attached hydrogens (primary N) is 2. The molecular weight excluding hydrogens is 1310 g/mol. The summed E-state index contributed by atoms with van der Waals surface area (Å²) >= 11 is 0. The second-order valence-corrected chi connectivity index (χ2v) is 21.8. The summed E-state index contributed by atoms with van der Waals surface area (Å²) < 4.78 is 117. The van der Waals surface area contributed by atoms with Crippen molar-refractivity contribution in [2.75, 3.05) is 297 Å². The molecule has 2 aromatic rings. The lowest BCUT2D eigenvalue weighted by atomic mass is 10.1. The van der Waals surface area contributed by atoms with E-state index < -0.39 is 5.91 Å². The first kappa shape index (κ1) is 91.7. The smallest absolute Gasteiger partial charge is 0.251 e. The first-order chi connectivity index (χ1) is 49.5. The van der Waals surface area contributed by atoms with Gasteiger partial charge in [-0.3, -0.25) is 14.4 Å². The third-order valence-electron chi connectivity index (χ3n) is 13.6. The predicted molar refractivity (Wildman–Crippen MR) is 373 cm³/mol. The predicted octanol–water partition coefficient (Wildman–Crippen LogP) is 5.26. The number of azo groups is 1. The van der Waals surface area contributed by atoms with E-state index in [1.54, 1.807) is 48.5 Å². The lowest BCUT2D eigenvalue weighted by molar-refractivity contribution is -0.121. The van der Waals surface area contributed by atoms with E-state index in [0.717, 1.165) is 57.9 Å². The zero-order valence-corrected chi connectivity index (χ0v) is 59.9. The summed E-state index contributed by atoms with van der Waals surface area (Å²) in [6.45, 7) is 22.8. The third-order valence-corrected chi connectivity index (χ3v) is 13.6. The number of hydrogen-bond donors (Lipinski definition) is 4. The molecule has 100 heavy (non-hydrogen) atoms. The van der Waals surface area contributed by atoms with E-state index in [4.69, 9.17) is 111 Å². The van der Waals surface area contributed by atoms with Gasteiger partial charge in [0.05, 0.1) is 249 Å². The monoisotopic (exact) mass is 1430 g/mol. The molecular formula is C70H124N6O24. The number of rotatable bonds is 81. The van der Waals surface area contributed by atoms with E-state index in [1.807, 2.05) is 0 Å². The number of benzene rings is 2. The molecule has 0 radical (unpaired) electrons. The minimum Gasteiger partial charge on any atom is -0.381 e. The fourth-order valence-corrected chi connectivity index (χ4v) is 8.21. The van der Waals surface area contributed by atoms with Crippen LogP contribution in [0.15, 0.2) is 58.8 Å². The van der Waals surface area contributed by atoms with E-state index in [9.17, 15) is 14.4 Å². The molecule has 2 aromatic carbocycles. The van der Waals surface area contributed by atoms with E-state index in [1.165, 1.54) is 0 Å². The van der Waals surface area contributed by atoms with Crippen molar-refractivity contribution in [2.45, 2.75) is 64.2 Å². The van der Waals surface area contributed by atoms with Crippen LogP contribution in [-0.4, -0.2) is 315 Å². The van der Waals surface area contributed by atoms with Gasteiger partial charge in [-0.05, 0) is 93.6 Å². The molecule has 0 aromatic heterocycles. The largest absolute Gasteiger partial charge is 0.381 e. The summed E-state index contributed by atoms with van der Waals surface area (Å²) in [6, 6.07) is 13.2. The number of ether oxygens (including phenoxy) is 21. The number of amides is 3. The summed E-state index contributed by atoms with van der Waals surface area (Å²) in [7, 11) is 0. The Hall–Kier alpha value is -4.43. The maximum Gasteiger partial charge on any atom is 0.251 e. The average Bonchev–Trinajstić information content (AvgIpc) is 0.965. The standard InChI is InChI=1S/C70H124N6O24/c71-19-5-3-1-2-4-10-68(77)73-20-6-22-80-24-8-25-82-29-33-86-37-41-90-44-45-91-42-38-87-34-30-83-26-9-27-84-31-35-88-39-43-92-47-49-94-51-53-96-55-57-98-59-61-100-63-62-99-60-58-97-56-54-95-52-50-93-48-46-89-40-36-85-32-28-81-23-7-21-74-70(79)65-13-17-67(18-14-65)76-75-66-15-11-64(12-16-66)69(72)78/h11-18H,1-10,19-63,71H2,(H2,72,78)(H,73,77)(H,74,79). The molecule has 0 saturated carbocycles. The maximum absolute atomic E-state index is 12.5. The molecule has 0 spiro atoms. The quantitative estimate of drug-likeness (QED) is 0.0485. The first-order valence-corrected chi connectivity index (χ1v) is 35.8. The molecule has 0 aliphatic heterocycles. The van der Waals surface area contributed by atoms with Gasteiger partial charge in [-0.15, -0.1) is 0 Å². The van der Waals surface area contributed by atoms with Crippen LogP contribution in [-0.2, 0) is 104 Å². The Morgan fingerprint density at radius 2 is 0.480 bits per heavy atom. The number of unbranched alkanes of at least 4 members (excludes halogenated alkanes) is 4. The zero-order chi connectivity index (χ0) is 71.3. The Morgan fingerprint density at radius 1 is 0.260 bits per heavy atom. The minimum atomic E-state index is -0.506.